The molecule has 0 bridgehead atoms. The van der Waals surface area contributed by atoms with Crippen LogP contribution in [0.15, 0.2) is 72.9 Å². The second kappa shape index (κ2) is 8.31. The Hall–Kier alpha value is -4.13. The highest BCUT2D eigenvalue weighted by atomic mass is 19.1. The standard InChI is InChI=1S/C24H20F2N4O/c1-14(31)29-18-9-16(20-6-5-17(25)12-21(20)26)10-19(13-18)30-24-7-4-15(11-22(24)27)23-3-2-8-28-23/h2-13,28,30H,27H2,1H3,(H,29,31). The van der Waals surface area contributed by atoms with Crippen LogP contribution in [0.25, 0.3) is 22.4 Å². The fourth-order valence-corrected chi connectivity index (χ4v) is 3.36. The molecule has 0 aliphatic carbocycles. The topological polar surface area (TPSA) is 82.9 Å². The van der Waals surface area contributed by atoms with Crippen LogP contribution < -0.4 is 16.4 Å². The maximum absolute atomic E-state index is 14.4. The van der Waals surface area contributed by atoms with Crippen LogP contribution in [0.2, 0.25) is 0 Å². The number of benzene rings is 3. The lowest BCUT2D eigenvalue weighted by Gasteiger charge is -2.15. The van der Waals surface area contributed by atoms with E-state index in [4.69, 9.17) is 5.73 Å². The van der Waals surface area contributed by atoms with Crippen molar-refractivity contribution in [1.29, 1.82) is 0 Å². The quantitative estimate of drug-likeness (QED) is 0.304. The minimum atomic E-state index is -0.694. The molecule has 1 aromatic heterocycles. The van der Waals surface area contributed by atoms with Gasteiger partial charge in [0.05, 0.1) is 11.4 Å². The monoisotopic (exact) mass is 418 g/mol. The number of hydrogen-bond donors (Lipinski definition) is 4. The first-order valence-electron chi connectivity index (χ1n) is 9.57. The first kappa shape index (κ1) is 20.2. The van der Waals surface area contributed by atoms with Crippen LogP contribution in [0.3, 0.4) is 0 Å². The van der Waals surface area contributed by atoms with E-state index in [2.05, 4.69) is 15.6 Å². The Morgan fingerprint density at radius 2 is 1.74 bits per heavy atom. The number of carbonyl (C=O) groups is 1. The van der Waals surface area contributed by atoms with Gasteiger partial charge in [-0.1, -0.05) is 6.07 Å². The van der Waals surface area contributed by atoms with Crippen molar-refractivity contribution in [2.75, 3.05) is 16.4 Å². The average molecular weight is 418 g/mol. The lowest BCUT2D eigenvalue weighted by molar-refractivity contribution is -0.114. The molecule has 5 N–H and O–H groups in total. The summed E-state index contributed by atoms with van der Waals surface area (Å²) in [5, 5.41) is 5.92. The zero-order valence-electron chi connectivity index (χ0n) is 16.7. The Morgan fingerprint density at radius 3 is 2.42 bits per heavy atom. The summed E-state index contributed by atoms with van der Waals surface area (Å²) in [4.78, 5) is 14.7. The first-order chi connectivity index (χ1) is 14.9. The van der Waals surface area contributed by atoms with Crippen LogP contribution in [-0.2, 0) is 4.79 Å². The SMILES string of the molecule is CC(=O)Nc1cc(Nc2ccc(-c3ccc[nH]3)cc2N)cc(-c2ccc(F)cc2F)c1. The molecular formula is C24H20F2N4O. The lowest BCUT2D eigenvalue weighted by Crippen LogP contribution is -2.06. The first-order valence-corrected chi connectivity index (χ1v) is 9.57. The van der Waals surface area contributed by atoms with Crippen LogP contribution in [0.4, 0.5) is 31.5 Å². The highest BCUT2D eigenvalue weighted by Crippen LogP contribution is 2.33. The smallest absolute Gasteiger partial charge is 0.221 e. The molecule has 3 aromatic carbocycles. The number of hydrogen-bond acceptors (Lipinski definition) is 3. The van der Waals surface area contributed by atoms with E-state index >= 15 is 0 Å². The molecule has 31 heavy (non-hydrogen) atoms. The Bertz CT molecular complexity index is 1250. The van der Waals surface area contributed by atoms with Crippen molar-refractivity contribution in [2.45, 2.75) is 6.92 Å². The Kier molecular flexibility index (Phi) is 5.41. The Morgan fingerprint density at radius 1 is 0.935 bits per heavy atom. The summed E-state index contributed by atoms with van der Waals surface area (Å²) in [5.74, 6) is -1.62. The number of nitrogen functional groups attached to an aromatic ring is 1. The normalized spacial score (nSPS) is 10.7. The van der Waals surface area contributed by atoms with Crippen molar-refractivity contribution in [3.8, 4) is 22.4 Å². The van der Waals surface area contributed by atoms with Crippen molar-refractivity contribution < 1.29 is 13.6 Å². The van der Waals surface area contributed by atoms with E-state index in [9.17, 15) is 13.6 Å². The molecule has 0 atom stereocenters. The van der Waals surface area contributed by atoms with Crippen LogP contribution in [-0.4, -0.2) is 10.9 Å². The predicted molar refractivity (Wildman–Crippen MR) is 120 cm³/mol. The zero-order valence-corrected chi connectivity index (χ0v) is 16.7. The molecular weight excluding hydrogens is 398 g/mol. The summed E-state index contributed by atoms with van der Waals surface area (Å²) in [6.07, 6.45) is 1.83. The van der Waals surface area contributed by atoms with Crippen LogP contribution >= 0.6 is 0 Å². The minimum absolute atomic E-state index is 0.215. The summed E-state index contributed by atoms with van der Waals surface area (Å²) in [5.41, 5.74) is 11.0. The van der Waals surface area contributed by atoms with Crippen molar-refractivity contribution in [3.63, 3.8) is 0 Å². The third kappa shape index (κ3) is 4.56. The van der Waals surface area contributed by atoms with Crippen molar-refractivity contribution in [3.05, 3.63) is 84.6 Å². The molecule has 0 unspecified atom stereocenters. The van der Waals surface area contributed by atoms with Gasteiger partial charge in [-0.15, -0.1) is 0 Å². The molecule has 0 saturated heterocycles. The lowest BCUT2D eigenvalue weighted by atomic mass is 10.0. The number of amides is 1. The van der Waals surface area contributed by atoms with Gasteiger partial charge < -0.3 is 21.4 Å². The van der Waals surface area contributed by atoms with E-state index in [-0.39, 0.29) is 11.5 Å². The maximum atomic E-state index is 14.4. The van der Waals surface area contributed by atoms with Crippen molar-refractivity contribution >= 4 is 28.7 Å². The molecule has 0 spiro atoms. The van der Waals surface area contributed by atoms with E-state index in [0.717, 1.165) is 17.3 Å². The van der Waals surface area contributed by atoms with Crippen molar-refractivity contribution in [1.82, 2.24) is 4.98 Å². The maximum Gasteiger partial charge on any atom is 0.221 e. The van der Waals surface area contributed by atoms with Gasteiger partial charge in [0.1, 0.15) is 11.6 Å². The molecule has 4 rings (SSSR count). The summed E-state index contributed by atoms with van der Waals surface area (Å²) < 4.78 is 27.7. The molecule has 0 aliphatic heterocycles. The number of anilines is 4. The molecule has 0 radical (unpaired) electrons. The number of rotatable bonds is 5. The largest absolute Gasteiger partial charge is 0.397 e. The Balaban J connectivity index is 1.71. The van der Waals surface area contributed by atoms with Crippen LogP contribution in [0.5, 0.6) is 0 Å². The van der Waals surface area contributed by atoms with Crippen LogP contribution in [0, 0.1) is 11.6 Å². The molecule has 0 aliphatic rings. The number of carbonyl (C=O) groups excluding carboxylic acids is 1. The van der Waals surface area contributed by atoms with E-state index in [0.29, 0.717) is 28.3 Å². The summed E-state index contributed by atoms with van der Waals surface area (Å²) in [6, 6.07) is 17.9. The number of H-pyrrole nitrogens is 1. The molecule has 1 amide bonds. The fourth-order valence-electron chi connectivity index (χ4n) is 3.36. The number of aromatic nitrogens is 1. The third-order valence-corrected chi connectivity index (χ3v) is 4.74. The van der Waals surface area contributed by atoms with Gasteiger partial charge in [0, 0.05) is 47.4 Å². The second-order valence-corrected chi connectivity index (χ2v) is 7.12. The van der Waals surface area contributed by atoms with Gasteiger partial charge in [0.2, 0.25) is 5.91 Å². The van der Waals surface area contributed by atoms with E-state index in [1.165, 1.54) is 19.1 Å². The minimum Gasteiger partial charge on any atom is -0.397 e. The summed E-state index contributed by atoms with van der Waals surface area (Å²) in [6.45, 7) is 1.38. The molecule has 156 valence electrons. The molecule has 4 aromatic rings. The average Bonchev–Trinajstić information content (AvgIpc) is 3.23. The van der Waals surface area contributed by atoms with Crippen molar-refractivity contribution in [2.24, 2.45) is 0 Å². The van der Waals surface area contributed by atoms with E-state index in [1.807, 2.05) is 36.5 Å². The molecule has 1 heterocycles. The third-order valence-electron chi connectivity index (χ3n) is 4.74. The molecule has 7 heteroatoms. The molecule has 5 nitrogen and oxygen atoms in total. The number of nitrogens with one attached hydrogen (secondary N) is 3. The Labute approximate surface area is 177 Å². The second-order valence-electron chi connectivity index (χ2n) is 7.12. The van der Waals surface area contributed by atoms with Gasteiger partial charge >= 0.3 is 0 Å². The predicted octanol–water partition coefficient (Wildman–Crippen LogP) is 5.91. The number of nitrogens with two attached hydrogens (primary N) is 1. The summed E-state index contributed by atoms with van der Waals surface area (Å²) in [7, 11) is 0. The van der Waals surface area contributed by atoms with Gasteiger partial charge in [-0.25, -0.2) is 8.78 Å². The molecule has 0 saturated carbocycles. The van der Waals surface area contributed by atoms with Gasteiger partial charge in [-0.05, 0) is 60.2 Å². The summed E-state index contributed by atoms with van der Waals surface area (Å²) >= 11 is 0. The van der Waals surface area contributed by atoms with Gasteiger partial charge in [0.15, 0.2) is 0 Å². The van der Waals surface area contributed by atoms with Crippen LogP contribution in [0.1, 0.15) is 6.92 Å². The number of aromatic amines is 1. The van der Waals surface area contributed by atoms with Gasteiger partial charge in [-0.3, -0.25) is 4.79 Å². The number of halogens is 2. The highest BCUT2D eigenvalue weighted by molar-refractivity contribution is 5.91. The van der Waals surface area contributed by atoms with Gasteiger partial charge in [-0.2, -0.15) is 0 Å². The van der Waals surface area contributed by atoms with E-state index < -0.39 is 11.6 Å². The van der Waals surface area contributed by atoms with Gasteiger partial charge in [0.25, 0.3) is 0 Å². The van der Waals surface area contributed by atoms with E-state index in [1.54, 1.807) is 18.2 Å². The highest BCUT2D eigenvalue weighted by Gasteiger charge is 2.11. The fraction of sp³-hybridized carbons (Fsp3) is 0.0417. The molecule has 0 fully saturated rings. The zero-order chi connectivity index (χ0) is 22.0.